The zero-order valence-electron chi connectivity index (χ0n) is 14.4. The van der Waals surface area contributed by atoms with Gasteiger partial charge >= 0.3 is 0 Å². The van der Waals surface area contributed by atoms with E-state index in [1.165, 1.54) is 6.20 Å². The number of likely N-dealkylation sites (tertiary alicyclic amines) is 1. The zero-order chi connectivity index (χ0) is 16.9. The van der Waals surface area contributed by atoms with Crippen molar-refractivity contribution in [1.82, 2.24) is 20.5 Å². The molecule has 0 radical (unpaired) electrons. The molecule has 6 nitrogen and oxygen atoms in total. The molecule has 26 heavy (non-hydrogen) atoms. The van der Waals surface area contributed by atoms with Gasteiger partial charge in [-0.2, -0.15) is 0 Å². The molecule has 2 N–H and O–H groups in total. The Hall–Kier alpha value is -1.08. The Morgan fingerprint density at radius 1 is 1.31 bits per heavy atom. The van der Waals surface area contributed by atoms with Crippen molar-refractivity contribution in [2.24, 2.45) is 5.92 Å². The Balaban J connectivity index is 0.00000169. The summed E-state index contributed by atoms with van der Waals surface area (Å²) in [6.45, 7) is 2.91. The van der Waals surface area contributed by atoms with Gasteiger partial charge in [-0.15, -0.1) is 24.8 Å². The number of aromatic nitrogens is 1. The summed E-state index contributed by atoms with van der Waals surface area (Å²) in [4.78, 5) is 30.5. The SMILES string of the molecule is Cl.Cl.O=C(NCC1CCCN(C(=O)c2ccncc2Cl)C1)C1CCCN1. The summed E-state index contributed by atoms with van der Waals surface area (Å²) >= 11 is 6.08. The van der Waals surface area contributed by atoms with Crippen LogP contribution in [0.5, 0.6) is 0 Å². The third kappa shape index (κ3) is 5.71. The first-order chi connectivity index (χ1) is 11.6. The maximum Gasteiger partial charge on any atom is 0.255 e. The third-order valence-electron chi connectivity index (χ3n) is 4.75. The predicted octanol–water partition coefficient (Wildman–Crippen LogP) is 2.30. The van der Waals surface area contributed by atoms with Crippen LogP contribution in [0.2, 0.25) is 5.02 Å². The average Bonchev–Trinajstić information content (AvgIpc) is 3.14. The number of rotatable bonds is 4. The summed E-state index contributed by atoms with van der Waals surface area (Å²) in [6.07, 6.45) is 6.99. The number of hydrogen-bond acceptors (Lipinski definition) is 4. The summed E-state index contributed by atoms with van der Waals surface area (Å²) < 4.78 is 0. The number of amides is 2. The second-order valence-corrected chi connectivity index (χ2v) is 6.92. The molecule has 2 unspecified atom stereocenters. The summed E-state index contributed by atoms with van der Waals surface area (Å²) in [7, 11) is 0. The van der Waals surface area contributed by atoms with Gasteiger partial charge < -0.3 is 15.5 Å². The molecule has 0 aromatic carbocycles. The van der Waals surface area contributed by atoms with E-state index in [4.69, 9.17) is 11.6 Å². The van der Waals surface area contributed by atoms with Crippen molar-refractivity contribution in [1.29, 1.82) is 0 Å². The van der Waals surface area contributed by atoms with Crippen LogP contribution >= 0.6 is 36.4 Å². The van der Waals surface area contributed by atoms with Crippen LogP contribution in [0.4, 0.5) is 0 Å². The van der Waals surface area contributed by atoms with Gasteiger partial charge in [0.15, 0.2) is 0 Å². The molecular weight excluding hydrogens is 399 g/mol. The minimum absolute atomic E-state index is 0. The molecule has 3 heterocycles. The molecule has 0 bridgehead atoms. The van der Waals surface area contributed by atoms with E-state index in [9.17, 15) is 9.59 Å². The lowest BCUT2D eigenvalue weighted by Gasteiger charge is -2.33. The van der Waals surface area contributed by atoms with Crippen LogP contribution in [0.15, 0.2) is 18.5 Å². The molecule has 2 aliphatic rings. The van der Waals surface area contributed by atoms with Gasteiger partial charge in [-0.3, -0.25) is 14.6 Å². The van der Waals surface area contributed by atoms with Crippen molar-refractivity contribution in [2.45, 2.75) is 31.7 Å². The Morgan fingerprint density at radius 3 is 2.81 bits per heavy atom. The average molecular weight is 424 g/mol. The van der Waals surface area contributed by atoms with Crippen molar-refractivity contribution < 1.29 is 9.59 Å². The lowest BCUT2D eigenvalue weighted by molar-refractivity contribution is -0.123. The van der Waals surface area contributed by atoms with Crippen molar-refractivity contribution in [3.05, 3.63) is 29.0 Å². The molecule has 2 aliphatic heterocycles. The zero-order valence-corrected chi connectivity index (χ0v) is 16.8. The third-order valence-corrected chi connectivity index (χ3v) is 5.05. The number of carbonyl (C=O) groups excluding carboxylic acids is 2. The highest BCUT2D eigenvalue weighted by molar-refractivity contribution is 6.33. The number of nitrogens with one attached hydrogen (secondary N) is 2. The monoisotopic (exact) mass is 422 g/mol. The fourth-order valence-corrected chi connectivity index (χ4v) is 3.61. The minimum Gasteiger partial charge on any atom is -0.354 e. The number of nitrogens with zero attached hydrogens (tertiary/aromatic N) is 2. The van der Waals surface area contributed by atoms with Gasteiger partial charge in [0.2, 0.25) is 5.91 Å². The van der Waals surface area contributed by atoms with E-state index < -0.39 is 0 Å². The molecule has 146 valence electrons. The van der Waals surface area contributed by atoms with E-state index in [0.29, 0.717) is 23.7 Å². The van der Waals surface area contributed by atoms with Crippen LogP contribution in [0.25, 0.3) is 0 Å². The summed E-state index contributed by atoms with van der Waals surface area (Å²) in [5.74, 6) is 0.303. The smallest absolute Gasteiger partial charge is 0.255 e. The first kappa shape index (κ1) is 23.0. The van der Waals surface area contributed by atoms with Gasteiger partial charge in [0.1, 0.15) is 0 Å². The molecule has 2 fully saturated rings. The lowest BCUT2D eigenvalue weighted by atomic mass is 9.97. The number of halogens is 3. The molecular formula is C17H25Cl3N4O2. The normalized spacial score (nSPS) is 22.1. The summed E-state index contributed by atoms with van der Waals surface area (Å²) in [5, 5.41) is 6.61. The van der Waals surface area contributed by atoms with E-state index in [2.05, 4.69) is 15.6 Å². The predicted molar refractivity (Wildman–Crippen MR) is 106 cm³/mol. The first-order valence-corrected chi connectivity index (χ1v) is 8.93. The molecule has 3 rings (SSSR count). The van der Waals surface area contributed by atoms with Crippen LogP contribution in [0, 0.1) is 5.92 Å². The summed E-state index contributed by atoms with van der Waals surface area (Å²) in [5.41, 5.74) is 0.492. The van der Waals surface area contributed by atoms with E-state index >= 15 is 0 Å². The fourth-order valence-electron chi connectivity index (χ4n) is 3.41. The standard InChI is InChI=1S/C17H23ClN4O2.2ClH/c18-14-10-19-7-5-13(14)17(24)22-8-2-3-12(11-22)9-21-16(23)15-4-1-6-20-15;;/h5,7,10,12,15,20H,1-4,6,8-9,11H2,(H,21,23);2*1H. The minimum atomic E-state index is -0.0594. The lowest BCUT2D eigenvalue weighted by Crippen LogP contribution is -2.46. The Morgan fingerprint density at radius 2 is 2.12 bits per heavy atom. The van der Waals surface area contributed by atoms with Crippen molar-refractivity contribution in [2.75, 3.05) is 26.2 Å². The van der Waals surface area contributed by atoms with Crippen LogP contribution in [-0.4, -0.2) is 53.9 Å². The molecule has 2 amide bonds. The number of carbonyl (C=O) groups is 2. The van der Waals surface area contributed by atoms with E-state index in [-0.39, 0.29) is 48.6 Å². The van der Waals surface area contributed by atoms with E-state index in [1.807, 2.05) is 4.90 Å². The molecule has 1 aromatic rings. The van der Waals surface area contributed by atoms with Crippen LogP contribution in [0.3, 0.4) is 0 Å². The second-order valence-electron chi connectivity index (χ2n) is 6.51. The quantitative estimate of drug-likeness (QED) is 0.779. The molecule has 1 aromatic heterocycles. The van der Waals surface area contributed by atoms with Gasteiger partial charge in [0.05, 0.1) is 16.6 Å². The Labute approximate surface area is 171 Å². The molecule has 2 saturated heterocycles. The molecule has 2 atom stereocenters. The maximum absolute atomic E-state index is 12.6. The molecule has 9 heteroatoms. The van der Waals surface area contributed by atoms with E-state index in [0.717, 1.165) is 38.8 Å². The fraction of sp³-hybridized carbons (Fsp3) is 0.588. The maximum atomic E-state index is 12.6. The van der Waals surface area contributed by atoms with Crippen LogP contribution < -0.4 is 10.6 Å². The highest BCUT2D eigenvalue weighted by Gasteiger charge is 2.27. The van der Waals surface area contributed by atoms with Crippen molar-refractivity contribution >= 4 is 48.2 Å². The van der Waals surface area contributed by atoms with Crippen LogP contribution in [-0.2, 0) is 4.79 Å². The number of piperidine rings is 1. The van der Waals surface area contributed by atoms with E-state index in [1.54, 1.807) is 12.3 Å². The Kier molecular flexibility index (Phi) is 9.64. The van der Waals surface area contributed by atoms with Crippen LogP contribution in [0.1, 0.15) is 36.0 Å². The first-order valence-electron chi connectivity index (χ1n) is 8.55. The van der Waals surface area contributed by atoms with Crippen molar-refractivity contribution in [3.8, 4) is 0 Å². The highest BCUT2D eigenvalue weighted by Crippen LogP contribution is 2.21. The molecule has 0 spiro atoms. The second kappa shape index (κ2) is 10.9. The number of pyridine rings is 1. The van der Waals surface area contributed by atoms with Crippen molar-refractivity contribution in [3.63, 3.8) is 0 Å². The summed E-state index contributed by atoms with van der Waals surface area (Å²) in [6, 6.07) is 1.60. The molecule has 0 aliphatic carbocycles. The highest BCUT2D eigenvalue weighted by atomic mass is 35.5. The number of hydrogen-bond donors (Lipinski definition) is 2. The van der Waals surface area contributed by atoms with Gasteiger partial charge in [-0.25, -0.2) is 0 Å². The Bertz CT molecular complexity index is 611. The largest absolute Gasteiger partial charge is 0.354 e. The van der Waals surface area contributed by atoms with Gasteiger partial charge in [-0.05, 0) is 44.2 Å². The van der Waals surface area contributed by atoms with Gasteiger partial charge in [-0.1, -0.05) is 11.6 Å². The topological polar surface area (TPSA) is 74.3 Å². The molecule has 0 saturated carbocycles. The van der Waals surface area contributed by atoms with Gasteiger partial charge in [0.25, 0.3) is 5.91 Å². The van der Waals surface area contributed by atoms with Gasteiger partial charge in [0, 0.05) is 32.0 Å².